The third-order valence-electron chi connectivity index (χ3n) is 2.85. The molecule has 0 spiro atoms. The standard InChI is InChI=1S/C12H22N2O3S/c1-4-6-10(3)13-18(16,17)12-7-11(9-15)14(5-2)8-12/h7-8,10,13,15H,4-6,9H2,1-3H3. The van der Waals surface area contributed by atoms with Crippen molar-refractivity contribution in [1.29, 1.82) is 0 Å². The maximum Gasteiger partial charge on any atom is 0.242 e. The number of aryl methyl sites for hydroxylation is 1. The van der Waals surface area contributed by atoms with Crippen molar-refractivity contribution in [2.45, 2.75) is 57.7 Å². The van der Waals surface area contributed by atoms with Gasteiger partial charge in [-0.2, -0.15) is 0 Å². The average molecular weight is 274 g/mol. The Labute approximate surface area is 109 Å². The first-order valence-corrected chi connectivity index (χ1v) is 7.75. The molecule has 104 valence electrons. The number of hydrogen-bond donors (Lipinski definition) is 2. The summed E-state index contributed by atoms with van der Waals surface area (Å²) >= 11 is 0. The second kappa shape index (κ2) is 6.36. The minimum absolute atomic E-state index is 0.0810. The Morgan fingerprint density at radius 1 is 1.44 bits per heavy atom. The van der Waals surface area contributed by atoms with Crippen molar-refractivity contribution in [3.8, 4) is 0 Å². The number of nitrogens with zero attached hydrogens (tertiary/aromatic N) is 1. The van der Waals surface area contributed by atoms with Gasteiger partial charge in [0.15, 0.2) is 0 Å². The number of hydrogen-bond acceptors (Lipinski definition) is 3. The molecule has 1 rings (SSSR count). The highest BCUT2D eigenvalue weighted by Gasteiger charge is 2.19. The van der Waals surface area contributed by atoms with Gasteiger partial charge in [0.05, 0.1) is 11.5 Å². The molecule has 18 heavy (non-hydrogen) atoms. The van der Waals surface area contributed by atoms with Gasteiger partial charge in [0, 0.05) is 24.5 Å². The van der Waals surface area contributed by atoms with Crippen LogP contribution in [0, 0.1) is 0 Å². The van der Waals surface area contributed by atoms with Crippen LogP contribution in [-0.2, 0) is 23.2 Å². The smallest absolute Gasteiger partial charge is 0.242 e. The van der Waals surface area contributed by atoms with Crippen LogP contribution in [0.1, 0.15) is 39.3 Å². The van der Waals surface area contributed by atoms with Gasteiger partial charge in [0.1, 0.15) is 0 Å². The van der Waals surface area contributed by atoms with E-state index in [-0.39, 0.29) is 17.5 Å². The van der Waals surface area contributed by atoms with Crippen LogP contribution in [0.4, 0.5) is 0 Å². The highest BCUT2D eigenvalue weighted by Crippen LogP contribution is 2.15. The van der Waals surface area contributed by atoms with Crippen molar-refractivity contribution >= 4 is 10.0 Å². The Morgan fingerprint density at radius 3 is 2.56 bits per heavy atom. The van der Waals surface area contributed by atoms with E-state index in [1.807, 2.05) is 20.8 Å². The van der Waals surface area contributed by atoms with Crippen LogP contribution in [0.15, 0.2) is 17.2 Å². The zero-order valence-corrected chi connectivity index (χ0v) is 12.0. The summed E-state index contributed by atoms with van der Waals surface area (Å²) in [5.74, 6) is 0. The molecule has 0 saturated carbocycles. The van der Waals surface area contributed by atoms with Crippen molar-refractivity contribution in [2.24, 2.45) is 0 Å². The molecule has 0 aliphatic rings. The van der Waals surface area contributed by atoms with E-state index in [1.54, 1.807) is 10.8 Å². The molecule has 0 fully saturated rings. The van der Waals surface area contributed by atoms with Crippen molar-refractivity contribution in [3.05, 3.63) is 18.0 Å². The zero-order chi connectivity index (χ0) is 13.8. The third kappa shape index (κ3) is 3.57. The lowest BCUT2D eigenvalue weighted by Crippen LogP contribution is -2.32. The van der Waals surface area contributed by atoms with E-state index in [1.165, 1.54) is 6.07 Å². The quantitative estimate of drug-likeness (QED) is 0.791. The van der Waals surface area contributed by atoms with E-state index in [9.17, 15) is 8.42 Å². The summed E-state index contributed by atoms with van der Waals surface area (Å²) in [5, 5.41) is 9.16. The molecule has 0 amide bonds. The molecule has 1 aromatic rings. The number of nitrogens with one attached hydrogen (secondary N) is 1. The summed E-state index contributed by atoms with van der Waals surface area (Å²) in [7, 11) is -3.49. The van der Waals surface area contributed by atoms with Crippen LogP contribution in [0.3, 0.4) is 0 Å². The van der Waals surface area contributed by atoms with Gasteiger partial charge >= 0.3 is 0 Å². The fourth-order valence-electron chi connectivity index (χ4n) is 1.92. The molecule has 5 nitrogen and oxygen atoms in total. The van der Waals surface area contributed by atoms with Gasteiger partial charge in [-0.1, -0.05) is 13.3 Å². The molecule has 2 N–H and O–H groups in total. The van der Waals surface area contributed by atoms with E-state index in [2.05, 4.69) is 4.72 Å². The van der Waals surface area contributed by atoms with Gasteiger partial charge in [-0.25, -0.2) is 13.1 Å². The summed E-state index contributed by atoms with van der Waals surface area (Å²) in [4.78, 5) is 0.219. The maximum absolute atomic E-state index is 12.1. The first-order chi connectivity index (χ1) is 8.44. The second-order valence-electron chi connectivity index (χ2n) is 4.42. The summed E-state index contributed by atoms with van der Waals surface area (Å²) in [6, 6.07) is 1.44. The van der Waals surface area contributed by atoms with Gasteiger partial charge in [0.2, 0.25) is 10.0 Å². The Morgan fingerprint density at radius 2 is 2.11 bits per heavy atom. The van der Waals surface area contributed by atoms with Crippen LogP contribution in [0.25, 0.3) is 0 Å². The fourth-order valence-corrected chi connectivity index (χ4v) is 3.26. The monoisotopic (exact) mass is 274 g/mol. The predicted octanol–water partition coefficient (Wildman–Crippen LogP) is 1.47. The van der Waals surface area contributed by atoms with Crippen LogP contribution in [-0.4, -0.2) is 24.1 Å². The molecule has 0 aromatic carbocycles. The number of aliphatic hydroxyl groups is 1. The van der Waals surface area contributed by atoms with E-state index >= 15 is 0 Å². The van der Waals surface area contributed by atoms with Crippen molar-refractivity contribution in [3.63, 3.8) is 0 Å². The normalized spacial score (nSPS) is 13.8. The number of rotatable bonds is 7. The third-order valence-corrected chi connectivity index (χ3v) is 4.41. The van der Waals surface area contributed by atoms with Gasteiger partial charge in [-0.15, -0.1) is 0 Å². The predicted molar refractivity (Wildman–Crippen MR) is 70.7 cm³/mol. The SMILES string of the molecule is CCCC(C)NS(=O)(=O)c1cc(CO)n(CC)c1. The Hall–Kier alpha value is -0.850. The molecule has 0 saturated heterocycles. The number of sulfonamides is 1. The van der Waals surface area contributed by atoms with Gasteiger partial charge in [0.25, 0.3) is 0 Å². The Bertz CT molecular complexity index is 458. The van der Waals surface area contributed by atoms with Crippen LogP contribution in [0.5, 0.6) is 0 Å². The summed E-state index contributed by atoms with van der Waals surface area (Å²) < 4.78 is 28.6. The molecular formula is C12H22N2O3S. The van der Waals surface area contributed by atoms with Gasteiger partial charge in [-0.3, -0.25) is 0 Å². The summed E-state index contributed by atoms with van der Waals surface area (Å²) in [6.45, 7) is 6.25. The first kappa shape index (κ1) is 15.2. The van der Waals surface area contributed by atoms with Crippen LogP contribution in [0.2, 0.25) is 0 Å². The van der Waals surface area contributed by atoms with Gasteiger partial charge < -0.3 is 9.67 Å². The maximum atomic E-state index is 12.1. The molecule has 0 radical (unpaired) electrons. The number of aromatic nitrogens is 1. The summed E-state index contributed by atoms with van der Waals surface area (Å²) in [5.41, 5.74) is 0.612. The van der Waals surface area contributed by atoms with Crippen LogP contribution >= 0.6 is 0 Å². The lowest BCUT2D eigenvalue weighted by atomic mass is 10.2. The average Bonchev–Trinajstić information content (AvgIpc) is 2.72. The molecule has 1 atom stereocenters. The molecule has 1 aromatic heterocycles. The highest BCUT2D eigenvalue weighted by molar-refractivity contribution is 7.89. The topological polar surface area (TPSA) is 71.3 Å². The van der Waals surface area contributed by atoms with E-state index in [0.717, 1.165) is 12.8 Å². The molecule has 0 bridgehead atoms. The van der Waals surface area contributed by atoms with E-state index in [4.69, 9.17) is 5.11 Å². The van der Waals surface area contributed by atoms with Gasteiger partial charge in [-0.05, 0) is 26.3 Å². The van der Waals surface area contributed by atoms with E-state index < -0.39 is 10.0 Å². The molecule has 6 heteroatoms. The minimum atomic E-state index is -3.49. The molecule has 0 aliphatic carbocycles. The number of aliphatic hydroxyl groups excluding tert-OH is 1. The molecule has 1 unspecified atom stereocenters. The zero-order valence-electron chi connectivity index (χ0n) is 11.2. The van der Waals surface area contributed by atoms with Crippen molar-refractivity contribution < 1.29 is 13.5 Å². The fraction of sp³-hybridized carbons (Fsp3) is 0.667. The largest absolute Gasteiger partial charge is 0.390 e. The first-order valence-electron chi connectivity index (χ1n) is 6.26. The molecule has 0 aliphatic heterocycles. The van der Waals surface area contributed by atoms with Crippen molar-refractivity contribution in [1.82, 2.24) is 9.29 Å². The summed E-state index contributed by atoms with van der Waals surface area (Å²) in [6.07, 6.45) is 3.30. The minimum Gasteiger partial charge on any atom is -0.390 e. The van der Waals surface area contributed by atoms with Crippen molar-refractivity contribution in [2.75, 3.05) is 0 Å². The Balaban J connectivity index is 2.94. The van der Waals surface area contributed by atoms with E-state index in [0.29, 0.717) is 12.2 Å². The highest BCUT2D eigenvalue weighted by atomic mass is 32.2. The Kier molecular flexibility index (Phi) is 5.37. The molecule has 1 heterocycles. The lowest BCUT2D eigenvalue weighted by Gasteiger charge is -2.11. The lowest BCUT2D eigenvalue weighted by molar-refractivity contribution is 0.271. The second-order valence-corrected chi connectivity index (χ2v) is 6.14. The molecular weight excluding hydrogens is 252 g/mol. The van der Waals surface area contributed by atoms with Crippen LogP contribution < -0.4 is 4.72 Å².